The fourth-order valence-corrected chi connectivity index (χ4v) is 2.71. The van der Waals surface area contributed by atoms with Crippen molar-refractivity contribution in [3.8, 4) is 0 Å². The third kappa shape index (κ3) is 3.03. The first-order chi connectivity index (χ1) is 10.3. The Bertz CT molecular complexity index is 669. The van der Waals surface area contributed by atoms with Gasteiger partial charge in [0.2, 0.25) is 0 Å². The molecule has 0 saturated heterocycles. The van der Waals surface area contributed by atoms with Gasteiger partial charge in [0.25, 0.3) is 0 Å². The van der Waals surface area contributed by atoms with E-state index in [1.165, 1.54) is 11.1 Å². The molecule has 0 saturated carbocycles. The number of oxime groups is 1. The van der Waals surface area contributed by atoms with Gasteiger partial charge in [-0.3, -0.25) is 9.88 Å². The van der Waals surface area contributed by atoms with Crippen molar-refractivity contribution in [2.75, 3.05) is 6.54 Å². The van der Waals surface area contributed by atoms with Crippen molar-refractivity contribution in [2.24, 2.45) is 10.9 Å². The summed E-state index contributed by atoms with van der Waals surface area (Å²) in [5.74, 6) is 0.0424. The number of benzene rings is 1. The molecule has 0 unspecified atom stereocenters. The van der Waals surface area contributed by atoms with E-state index >= 15 is 0 Å². The van der Waals surface area contributed by atoms with E-state index in [1.807, 2.05) is 12.1 Å². The molecule has 3 rings (SSSR count). The number of aromatic nitrogens is 1. The largest absolute Gasteiger partial charge is 0.409 e. The lowest BCUT2D eigenvalue weighted by atomic mass is 9.99. The van der Waals surface area contributed by atoms with Gasteiger partial charge in [0, 0.05) is 25.8 Å². The Morgan fingerprint density at radius 2 is 2.10 bits per heavy atom. The van der Waals surface area contributed by atoms with E-state index in [-0.39, 0.29) is 5.84 Å². The summed E-state index contributed by atoms with van der Waals surface area (Å²) in [7, 11) is 0. The Balaban J connectivity index is 1.74. The minimum atomic E-state index is 0.0424. The minimum Gasteiger partial charge on any atom is -0.409 e. The maximum Gasteiger partial charge on any atom is 0.188 e. The standard InChI is InChI=1S/C16H18N4O/c17-16(19-21)15-9-12(5-7-18-15)10-20-8-6-13-3-1-2-4-14(13)11-20/h1-5,7,9,21H,6,8,10-11H2,(H2,17,19). The van der Waals surface area contributed by atoms with Gasteiger partial charge in [-0.25, -0.2) is 0 Å². The van der Waals surface area contributed by atoms with E-state index in [2.05, 4.69) is 39.3 Å². The molecule has 0 amide bonds. The summed E-state index contributed by atoms with van der Waals surface area (Å²) in [6.45, 7) is 2.83. The van der Waals surface area contributed by atoms with Crippen LogP contribution >= 0.6 is 0 Å². The number of fused-ring (bicyclic) bond motifs is 1. The monoisotopic (exact) mass is 282 g/mol. The quantitative estimate of drug-likeness (QED) is 0.389. The molecule has 1 aromatic heterocycles. The molecule has 1 aliphatic heterocycles. The average molecular weight is 282 g/mol. The lowest BCUT2D eigenvalue weighted by molar-refractivity contribution is 0.245. The van der Waals surface area contributed by atoms with Gasteiger partial charge in [-0.05, 0) is 35.2 Å². The molecule has 0 atom stereocenters. The van der Waals surface area contributed by atoms with Gasteiger partial charge < -0.3 is 10.9 Å². The zero-order valence-electron chi connectivity index (χ0n) is 11.7. The van der Waals surface area contributed by atoms with Crippen LogP contribution in [0.3, 0.4) is 0 Å². The van der Waals surface area contributed by atoms with Crippen molar-refractivity contribution in [3.63, 3.8) is 0 Å². The van der Waals surface area contributed by atoms with Gasteiger partial charge in [-0.15, -0.1) is 0 Å². The molecule has 5 heteroatoms. The summed E-state index contributed by atoms with van der Waals surface area (Å²) in [4.78, 5) is 6.50. The van der Waals surface area contributed by atoms with Crippen molar-refractivity contribution >= 4 is 5.84 Å². The smallest absolute Gasteiger partial charge is 0.188 e. The Morgan fingerprint density at radius 3 is 2.90 bits per heavy atom. The van der Waals surface area contributed by atoms with Gasteiger partial charge in [0.15, 0.2) is 5.84 Å². The summed E-state index contributed by atoms with van der Waals surface area (Å²) in [6, 6.07) is 12.4. The van der Waals surface area contributed by atoms with Gasteiger partial charge in [0.1, 0.15) is 5.69 Å². The summed E-state index contributed by atoms with van der Waals surface area (Å²) in [6.07, 6.45) is 2.77. The number of rotatable bonds is 3. The summed E-state index contributed by atoms with van der Waals surface area (Å²) in [5.41, 5.74) is 10.0. The Morgan fingerprint density at radius 1 is 1.29 bits per heavy atom. The van der Waals surface area contributed by atoms with E-state index in [0.29, 0.717) is 5.69 Å². The second-order valence-corrected chi connectivity index (χ2v) is 5.26. The number of hydrogen-bond donors (Lipinski definition) is 2. The molecule has 2 aromatic rings. The Kier molecular flexibility index (Phi) is 3.83. The highest BCUT2D eigenvalue weighted by atomic mass is 16.4. The maximum absolute atomic E-state index is 8.72. The molecule has 0 fully saturated rings. The Hall–Kier alpha value is -2.40. The van der Waals surface area contributed by atoms with E-state index in [9.17, 15) is 0 Å². The molecule has 0 bridgehead atoms. The van der Waals surface area contributed by atoms with Crippen LogP contribution in [0.25, 0.3) is 0 Å². The average Bonchev–Trinajstić information content (AvgIpc) is 2.54. The minimum absolute atomic E-state index is 0.0424. The van der Waals surface area contributed by atoms with Crippen LogP contribution in [0.5, 0.6) is 0 Å². The second-order valence-electron chi connectivity index (χ2n) is 5.26. The van der Waals surface area contributed by atoms with Crippen LogP contribution in [0.2, 0.25) is 0 Å². The molecule has 0 radical (unpaired) electrons. The topological polar surface area (TPSA) is 74.7 Å². The molecule has 5 nitrogen and oxygen atoms in total. The SMILES string of the molecule is NC(=NO)c1cc(CN2CCc3ccccc3C2)ccn1. The molecule has 1 aromatic carbocycles. The maximum atomic E-state index is 8.72. The molecular formula is C16H18N4O. The molecule has 0 spiro atoms. The first-order valence-corrected chi connectivity index (χ1v) is 6.98. The van der Waals surface area contributed by atoms with E-state index in [0.717, 1.165) is 31.6 Å². The van der Waals surface area contributed by atoms with E-state index < -0.39 is 0 Å². The lowest BCUT2D eigenvalue weighted by Crippen LogP contribution is -2.30. The van der Waals surface area contributed by atoms with Crippen molar-refractivity contribution in [1.82, 2.24) is 9.88 Å². The van der Waals surface area contributed by atoms with Crippen molar-refractivity contribution in [2.45, 2.75) is 19.5 Å². The third-order valence-corrected chi connectivity index (χ3v) is 3.81. The highest BCUT2D eigenvalue weighted by Crippen LogP contribution is 2.20. The number of hydrogen-bond acceptors (Lipinski definition) is 4. The third-order valence-electron chi connectivity index (χ3n) is 3.81. The molecule has 2 heterocycles. The number of nitrogens with zero attached hydrogens (tertiary/aromatic N) is 3. The van der Waals surface area contributed by atoms with Crippen LogP contribution in [0.4, 0.5) is 0 Å². The predicted molar refractivity (Wildman–Crippen MR) is 81.0 cm³/mol. The Labute approximate surface area is 123 Å². The highest BCUT2D eigenvalue weighted by Gasteiger charge is 2.16. The fraction of sp³-hybridized carbons (Fsp3) is 0.250. The summed E-state index contributed by atoms with van der Waals surface area (Å²) in [5, 5.41) is 11.7. The van der Waals surface area contributed by atoms with Crippen molar-refractivity contribution < 1.29 is 5.21 Å². The van der Waals surface area contributed by atoms with Crippen LogP contribution in [-0.2, 0) is 19.5 Å². The summed E-state index contributed by atoms with van der Waals surface area (Å²) < 4.78 is 0. The van der Waals surface area contributed by atoms with Gasteiger partial charge in [-0.2, -0.15) is 0 Å². The lowest BCUT2D eigenvalue weighted by Gasteiger charge is -2.28. The van der Waals surface area contributed by atoms with Gasteiger partial charge >= 0.3 is 0 Å². The van der Waals surface area contributed by atoms with Gasteiger partial charge in [0.05, 0.1) is 0 Å². The van der Waals surface area contributed by atoms with Crippen LogP contribution in [0.15, 0.2) is 47.8 Å². The molecule has 0 aliphatic carbocycles. The zero-order valence-corrected chi connectivity index (χ0v) is 11.7. The van der Waals surface area contributed by atoms with Gasteiger partial charge in [-0.1, -0.05) is 29.4 Å². The molecule has 108 valence electrons. The van der Waals surface area contributed by atoms with Crippen LogP contribution in [0, 0.1) is 0 Å². The number of nitrogens with two attached hydrogens (primary N) is 1. The number of pyridine rings is 1. The van der Waals surface area contributed by atoms with E-state index in [4.69, 9.17) is 10.9 Å². The van der Waals surface area contributed by atoms with Crippen molar-refractivity contribution in [1.29, 1.82) is 0 Å². The predicted octanol–water partition coefficient (Wildman–Crippen LogP) is 1.73. The molecule has 21 heavy (non-hydrogen) atoms. The zero-order chi connectivity index (χ0) is 14.7. The fourth-order valence-electron chi connectivity index (χ4n) is 2.71. The number of amidine groups is 1. The first-order valence-electron chi connectivity index (χ1n) is 6.98. The second kappa shape index (κ2) is 5.93. The summed E-state index contributed by atoms with van der Waals surface area (Å²) >= 11 is 0. The molecule has 1 aliphatic rings. The van der Waals surface area contributed by atoms with Crippen LogP contribution < -0.4 is 5.73 Å². The highest BCUT2D eigenvalue weighted by molar-refractivity contribution is 5.95. The van der Waals surface area contributed by atoms with Crippen LogP contribution in [0.1, 0.15) is 22.4 Å². The molecule has 3 N–H and O–H groups in total. The van der Waals surface area contributed by atoms with E-state index in [1.54, 1.807) is 6.20 Å². The van der Waals surface area contributed by atoms with Crippen LogP contribution in [-0.4, -0.2) is 27.5 Å². The molecular weight excluding hydrogens is 264 g/mol. The normalized spacial score (nSPS) is 15.7. The van der Waals surface area contributed by atoms with Crippen molar-refractivity contribution in [3.05, 3.63) is 65.0 Å². The first kappa shape index (κ1) is 13.6.